The molecule has 32 heavy (non-hydrogen) atoms. The molecule has 2 aromatic carbocycles. The van der Waals surface area contributed by atoms with Crippen LogP contribution in [-0.2, 0) is 39.7 Å². The second-order valence-corrected chi connectivity index (χ2v) is 9.50. The summed E-state index contributed by atoms with van der Waals surface area (Å²) < 4.78 is 33.8. The number of fused-ring (bicyclic) bond motifs is 1. The first-order valence-corrected chi connectivity index (χ1v) is 12.8. The van der Waals surface area contributed by atoms with Gasteiger partial charge in [-0.1, -0.05) is 12.1 Å². The number of hydrogen-bond donors (Lipinski definition) is 1. The first kappa shape index (κ1) is 24.5. The van der Waals surface area contributed by atoms with Crippen LogP contribution in [0.4, 0.5) is 0 Å². The van der Waals surface area contributed by atoms with Crippen LogP contribution in [0.3, 0.4) is 0 Å². The van der Waals surface area contributed by atoms with E-state index in [9.17, 15) is 4.57 Å². The summed E-state index contributed by atoms with van der Waals surface area (Å²) in [5.74, 6) is 1.96. The van der Waals surface area contributed by atoms with E-state index in [2.05, 4.69) is 28.2 Å². The minimum Gasteiger partial charge on any atom is -0.497 e. The molecule has 0 aliphatic carbocycles. The molecule has 0 spiro atoms. The van der Waals surface area contributed by atoms with E-state index in [-0.39, 0.29) is 0 Å². The lowest BCUT2D eigenvalue weighted by Gasteiger charge is -2.17. The van der Waals surface area contributed by atoms with Crippen LogP contribution in [-0.4, -0.2) is 24.9 Å². The zero-order valence-electron chi connectivity index (χ0n) is 19.5. The van der Waals surface area contributed by atoms with Crippen LogP contribution in [0.2, 0.25) is 0 Å². The number of nitrogens with two attached hydrogens (primary N) is 1. The third-order valence-electron chi connectivity index (χ3n) is 5.58. The molecule has 0 atom stereocenters. The largest absolute Gasteiger partial charge is 0.497 e. The monoisotopic (exact) mass is 460 g/mol. The first-order chi connectivity index (χ1) is 15.5. The van der Waals surface area contributed by atoms with E-state index in [4.69, 9.17) is 19.5 Å². The minimum atomic E-state index is -3.24. The summed E-state index contributed by atoms with van der Waals surface area (Å²) in [4.78, 5) is 0. The van der Waals surface area contributed by atoms with E-state index in [1.165, 1.54) is 5.56 Å². The maximum Gasteiger partial charge on any atom is 0.361 e. The summed E-state index contributed by atoms with van der Waals surface area (Å²) in [6.45, 7) is 8.65. The van der Waals surface area contributed by atoms with E-state index in [0.717, 1.165) is 48.5 Å². The van der Waals surface area contributed by atoms with Gasteiger partial charge in [0, 0.05) is 6.07 Å². The zero-order chi connectivity index (χ0) is 23.1. The summed E-state index contributed by atoms with van der Waals surface area (Å²) in [6.07, 6.45) is 1.86. The van der Waals surface area contributed by atoms with Crippen LogP contribution < -0.4 is 20.3 Å². The second kappa shape index (κ2) is 11.1. The predicted octanol–water partition coefficient (Wildman–Crippen LogP) is 3.94. The SMILES string of the molecule is CCOP(=O)(OCC)c1ccc(CCC[n+]2c(CN)n(CC)c3cc(OC)ccc32)cc1. The molecule has 0 saturated carbocycles. The van der Waals surface area contributed by atoms with Crippen molar-refractivity contribution in [2.45, 2.75) is 53.2 Å². The Hall–Kier alpha value is -2.18. The third-order valence-corrected chi connectivity index (χ3v) is 7.71. The lowest BCUT2D eigenvalue weighted by atomic mass is 10.1. The highest BCUT2D eigenvalue weighted by molar-refractivity contribution is 7.62. The molecule has 3 aromatic rings. The van der Waals surface area contributed by atoms with E-state index in [1.807, 2.05) is 44.2 Å². The van der Waals surface area contributed by atoms with Crippen LogP contribution in [0.5, 0.6) is 5.75 Å². The number of hydrogen-bond acceptors (Lipinski definition) is 5. The number of imidazole rings is 1. The van der Waals surface area contributed by atoms with Crippen molar-refractivity contribution in [1.82, 2.24) is 4.57 Å². The molecule has 174 valence electrons. The van der Waals surface area contributed by atoms with Crippen molar-refractivity contribution in [2.24, 2.45) is 5.73 Å². The van der Waals surface area contributed by atoms with Gasteiger partial charge in [0.2, 0.25) is 0 Å². The maximum absolute atomic E-state index is 12.9. The van der Waals surface area contributed by atoms with Crippen molar-refractivity contribution < 1.29 is 22.9 Å². The lowest BCUT2D eigenvalue weighted by molar-refractivity contribution is -0.680. The first-order valence-electron chi connectivity index (χ1n) is 11.3. The van der Waals surface area contributed by atoms with Crippen molar-refractivity contribution in [3.8, 4) is 5.75 Å². The number of methoxy groups -OCH3 is 1. The van der Waals surface area contributed by atoms with E-state index >= 15 is 0 Å². The molecule has 2 N–H and O–H groups in total. The van der Waals surface area contributed by atoms with E-state index in [0.29, 0.717) is 25.1 Å². The van der Waals surface area contributed by atoms with Gasteiger partial charge in [0.15, 0.2) is 11.0 Å². The van der Waals surface area contributed by atoms with Gasteiger partial charge < -0.3 is 19.5 Å². The minimum absolute atomic E-state index is 0.344. The van der Waals surface area contributed by atoms with Crippen molar-refractivity contribution in [1.29, 1.82) is 0 Å². The molecule has 1 aromatic heterocycles. The van der Waals surface area contributed by atoms with Crippen LogP contribution >= 0.6 is 7.60 Å². The van der Waals surface area contributed by atoms with Gasteiger partial charge in [-0.05, 0) is 63.4 Å². The Kier molecular flexibility index (Phi) is 8.49. The summed E-state index contributed by atoms with van der Waals surface area (Å²) >= 11 is 0. The van der Waals surface area contributed by atoms with Gasteiger partial charge in [-0.3, -0.25) is 4.57 Å². The van der Waals surface area contributed by atoms with Gasteiger partial charge in [-0.15, -0.1) is 0 Å². The molecule has 0 saturated heterocycles. The Morgan fingerprint density at radius 1 is 1.03 bits per heavy atom. The van der Waals surface area contributed by atoms with Gasteiger partial charge >= 0.3 is 7.60 Å². The fourth-order valence-corrected chi connectivity index (χ4v) is 5.70. The molecule has 8 heteroatoms. The number of rotatable bonds is 12. The lowest BCUT2D eigenvalue weighted by Crippen LogP contribution is -2.39. The zero-order valence-corrected chi connectivity index (χ0v) is 20.4. The normalized spacial score (nSPS) is 11.9. The molecule has 0 radical (unpaired) electrons. The van der Waals surface area contributed by atoms with Crippen LogP contribution in [0, 0.1) is 0 Å². The number of benzene rings is 2. The molecule has 1 heterocycles. The fraction of sp³-hybridized carbons (Fsp3) is 0.458. The van der Waals surface area contributed by atoms with Gasteiger partial charge in [-0.2, -0.15) is 0 Å². The van der Waals surface area contributed by atoms with Gasteiger partial charge in [0.1, 0.15) is 5.75 Å². The highest BCUT2D eigenvalue weighted by atomic mass is 31.2. The highest BCUT2D eigenvalue weighted by Gasteiger charge is 2.26. The van der Waals surface area contributed by atoms with Crippen molar-refractivity contribution >= 4 is 23.9 Å². The quantitative estimate of drug-likeness (QED) is 0.327. The summed E-state index contributed by atoms with van der Waals surface area (Å²) in [5, 5.41) is 0.602. The average Bonchev–Trinajstić information content (AvgIpc) is 3.11. The van der Waals surface area contributed by atoms with E-state index < -0.39 is 7.60 Å². The van der Waals surface area contributed by atoms with Crippen molar-refractivity contribution in [3.05, 3.63) is 53.9 Å². The Labute approximate surface area is 190 Å². The molecule has 0 unspecified atom stereocenters. The molecule has 0 aliphatic heterocycles. The predicted molar refractivity (Wildman–Crippen MR) is 128 cm³/mol. The van der Waals surface area contributed by atoms with Crippen LogP contribution in [0.15, 0.2) is 42.5 Å². The van der Waals surface area contributed by atoms with Gasteiger partial charge in [0.05, 0.1) is 45.3 Å². The standard InChI is InChI=1S/C24H35N3O4P/c1-5-26-23-17-20(29-4)12-15-22(23)27(24(26)18-25)16-8-9-19-10-13-21(14-11-19)32(28,30-6-2)31-7-3/h10-15,17H,5-9,16,18,25H2,1-4H3/q+1. The smallest absolute Gasteiger partial charge is 0.361 e. The Morgan fingerprint density at radius 3 is 2.28 bits per heavy atom. The average molecular weight is 461 g/mol. The van der Waals surface area contributed by atoms with E-state index in [1.54, 1.807) is 7.11 Å². The summed E-state index contributed by atoms with van der Waals surface area (Å²) in [7, 11) is -1.56. The molecule has 7 nitrogen and oxygen atoms in total. The number of nitrogens with zero attached hydrogens (tertiary/aromatic N) is 2. The maximum atomic E-state index is 12.9. The molecule has 0 bridgehead atoms. The molecule has 3 rings (SSSR count). The van der Waals surface area contributed by atoms with Gasteiger partial charge in [0.25, 0.3) is 5.82 Å². The Bertz CT molecular complexity index is 1070. The third kappa shape index (κ3) is 5.07. The summed E-state index contributed by atoms with van der Waals surface area (Å²) in [5.41, 5.74) is 9.61. The fourth-order valence-electron chi connectivity index (χ4n) is 4.13. The molecule has 0 aliphatic rings. The second-order valence-electron chi connectivity index (χ2n) is 7.47. The molecular formula is C24H35N3O4P+. The van der Waals surface area contributed by atoms with Crippen molar-refractivity contribution in [2.75, 3.05) is 20.3 Å². The molecule has 0 fully saturated rings. The Balaban J connectivity index is 1.76. The number of ether oxygens (including phenoxy) is 1. The number of aromatic nitrogens is 2. The van der Waals surface area contributed by atoms with Gasteiger partial charge in [-0.25, -0.2) is 9.13 Å². The Morgan fingerprint density at radius 2 is 1.72 bits per heavy atom. The molecule has 0 amide bonds. The topological polar surface area (TPSA) is 79.6 Å². The molecular weight excluding hydrogens is 425 g/mol. The highest BCUT2D eigenvalue weighted by Crippen LogP contribution is 2.46. The number of aryl methyl sites for hydroxylation is 3. The van der Waals surface area contributed by atoms with Crippen molar-refractivity contribution in [3.63, 3.8) is 0 Å². The van der Waals surface area contributed by atoms with Crippen LogP contribution in [0.25, 0.3) is 11.0 Å². The summed E-state index contributed by atoms with van der Waals surface area (Å²) in [6, 6.07) is 13.9. The van der Waals surface area contributed by atoms with Crippen LogP contribution in [0.1, 0.15) is 38.6 Å².